The zero-order valence-corrected chi connectivity index (χ0v) is 12.8. The van der Waals surface area contributed by atoms with Gasteiger partial charge >= 0.3 is 0 Å². The maximum atomic E-state index is 12.7. The van der Waals surface area contributed by atoms with Crippen LogP contribution in [0.1, 0.15) is 38.2 Å². The molecule has 0 radical (unpaired) electrons. The van der Waals surface area contributed by atoms with Gasteiger partial charge in [0.1, 0.15) is 0 Å². The molecule has 110 valence electrons. The molecule has 1 heterocycles. The predicted octanol–water partition coefficient (Wildman–Crippen LogP) is 1.41. The minimum Gasteiger partial charge on any atom is -0.388 e. The van der Waals surface area contributed by atoms with Crippen LogP contribution in [0.3, 0.4) is 0 Å². The number of rotatable bonds is 1. The minimum atomic E-state index is -0.841. The Morgan fingerprint density at radius 1 is 0.850 bits per heavy atom. The number of nitrogens with zero attached hydrogens (tertiary/aromatic N) is 1. The van der Waals surface area contributed by atoms with E-state index >= 15 is 0 Å². The lowest BCUT2D eigenvalue weighted by Gasteiger charge is -2.22. The smallest absolute Gasteiger partial charge is 0.254 e. The van der Waals surface area contributed by atoms with Gasteiger partial charge in [-0.3, -0.25) is 4.79 Å². The van der Waals surface area contributed by atoms with Crippen LogP contribution in [0.5, 0.6) is 0 Å². The third kappa shape index (κ3) is 2.23. The first-order valence-electron chi connectivity index (χ1n) is 6.98. The first-order chi connectivity index (χ1) is 9.25. The summed E-state index contributed by atoms with van der Waals surface area (Å²) in [5.41, 5.74) is 6.19. The van der Waals surface area contributed by atoms with Gasteiger partial charge in [0.05, 0.1) is 12.2 Å². The fourth-order valence-electron chi connectivity index (χ4n) is 2.91. The van der Waals surface area contributed by atoms with Crippen molar-refractivity contribution in [3.63, 3.8) is 0 Å². The van der Waals surface area contributed by atoms with Crippen LogP contribution in [0.4, 0.5) is 0 Å². The van der Waals surface area contributed by atoms with Gasteiger partial charge in [0, 0.05) is 18.7 Å². The summed E-state index contributed by atoms with van der Waals surface area (Å²) in [4.78, 5) is 14.2. The summed E-state index contributed by atoms with van der Waals surface area (Å²) in [6.07, 6.45) is -1.68. The van der Waals surface area contributed by atoms with E-state index in [9.17, 15) is 15.0 Å². The number of aliphatic hydroxyl groups excluding tert-OH is 2. The Balaban J connectivity index is 2.46. The molecule has 1 amide bonds. The fraction of sp³-hybridized carbons (Fsp3) is 0.562. The molecule has 4 heteroatoms. The Labute approximate surface area is 120 Å². The fourth-order valence-corrected chi connectivity index (χ4v) is 2.91. The van der Waals surface area contributed by atoms with Crippen LogP contribution < -0.4 is 0 Å². The van der Waals surface area contributed by atoms with Gasteiger partial charge in [-0.25, -0.2) is 0 Å². The Morgan fingerprint density at radius 2 is 1.20 bits per heavy atom. The SMILES string of the molecule is Cc1c(C)c(C)c(C(=O)N2CC(O)C(O)C2)c(C)c1C. The van der Waals surface area contributed by atoms with Gasteiger partial charge in [-0.2, -0.15) is 0 Å². The molecule has 4 nitrogen and oxygen atoms in total. The second-order valence-corrected chi connectivity index (χ2v) is 5.84. The Morgan fingerprint density at radius 3 is 1.60 bits per heavy atom. The van der Waals surface area contributed by atoms with E-state index < -0.39 is 12.2 Å². The molecule has 0 saturated carbocycles. The van der Waals surface area contributed by atoms with Gasteiger partial charge in [-0.15, -0.1) is 0 Å². The monoisotopic (exact) mass is 277 g/mol. The van der Waals surface area contributed by atoms with Crippen LogP contribution in [0.2, 0.25) is 0 Å². The Kier molecular flexibility index (Phi) is 3.89. The van der Waals surface area contributed by atoms with Gasteiger partial charge in [0.25, 0.3) is 5.91 Å². The van der Waals surface area contributed by atoms with E-state index in [1.165, 1.54) is 5.56 Å². The summed E-state index contributed by atoms with van der Waals surface area (Å²) in [5, 5.41) is 19.2. The lowest BCUT2D eigenvalue weighted by molar-refractivity contribution is 0.0572. The lowest BCUT2D eigenvalue weighted by atomic mass is 9.89. The van der Waals surface area contributed by atoms with Crippen LogP contribution in [0.25, 0.3) is 0 Å². The molecule has 1 saturated heterocycles. The zero-order chi connectivity index (χ0) is 15.2. The Bertz CT molecular complexity index is 526. The summed E-state index contributed by atoms with van der Waals surface area (Å²) >= 11 is 0. The van der Waals surface area contributed by atoms with Crippen molar-refractivity contribution in [2.24, 2.45) is 0 Å². The molecule has 1 aliphatic rings. The first kappa shape index (κ1) is 15.0. The number of hydrogen-bond donors (Lipinski definition) is 2. The van der Waals surface area contributed by atoms with E-state index in [0.717, 1.165) is 22.3 Å². The maximum Gasteiger partial charge on any atom is 0.254 e. The molecule has 1 fully saturated rings. The third-order valence-corrected chi connectivity index (χ3v) is 4.76. The third-order valence-electron chi connectivity index (χ3n) is 4.76. The quantitative estimate of drug-likeness (QED) is 0.816. The maximum absolute atomic E-state index is 12.7. The number of aliphatic hydroxyl groups is 2. The molecule has 1 aromatic carbocycles. The van der Waals surface area contributed by atoms with E-state index in [0.29, 0.717) is 5.56 Å². The van der Waals surface area contributed by atoms with Gasteiger partial charge in [0.2, 0.25) is 0 Å². The molecule has 20 heavy (non-hydrogen) atoms. The van der Waals surface area contributed by atoms with Crippen LogP contribution in [-0.4, -0.2) is 46.3 Å². The number of carbonyl (C=O) groups excluding carboxylic acids is 1. The van der Waals surface area contributed by atoms with E-state index in [2.05, 4.69) is 6.92 Å². The average Bonchev–Trinajstić information content (AvgIpc) is 2.74. The highest BCUT2D eigenvalue weighted by Gasteiger charge is 2.34. The minimum absolute atomic E-state index is 0.0956. The number of β-amino-alcohol motifs (C(OH)–C–C–N with tert-alkyl or cyclic N) is 2. The molecule has 0 spiro atoms. The first-order valence-corrected chi connectivity index (χ1v) is 6.98. The molecular formula is C16H23NO3. The number of hydrogen-bond acceptors (Lipinski definition) is 3. The topological polar surface area (TPSA) is 60.8 Å². The zero-order valence-electron chi connectivity index (χ0n) is 12.8. The summed E-state index contributed by atoms with van der Waals surface area (Å²) < 4.78 is 0. The van der Waals surface area contributed by atoms with E-state index in [1.54, 1.807) is 4.90 Å². The molecule has 0 bridgehead atoms. The molecule has 0 aliphatic carbocycles. The van der Waals surface area contributed by atoms with Crippen molar-refractivity contribution in [1.29, 1.82) is 0 Å². The summed E-state index contributed by atoms with van der Waals surface area (Å²) in [5.74, 6) is -0.0956. The van der Waals surface area contributed by atoms with Gasteiger partial charge < -0.3 is 15.1 Å². The molecule has 2 unspecified atom stereocenters. The highest BCUT2D eigenvalue weighted by molar-refractivity contribution is 5.98. The molecule has 2 atom stereocenters. The summed E-state index contributed by atoms with van der Waals surface area (Å²) in [6.45, 7) is 10.5. The van der Waals surface area contributed by atoms with Gasteiger partial charge in [-0.05, 0) is 62.4 Å². The van der Waals surface area contributed by atoms with Gasteiger partial charge in [0.15, 0.2) is 0 Å². The average molecular weight is 277 g/mol. The summed E-state index contributed by atoms with van der Waals surface area (Å²) in [7, 11) is 0. The lowest BCUT2D eigenvalue weighted by Crippen LogP contribution is -2.31. The highest BCUT2D eigenvalue weighted by atomic mass is 16.3. The molecular weight excluding hydrogens is 254 g/mol. The van der Waals surface area contributed by atoms with Gasteiger partial charge in [-0.1, -0.05) is 0 Å². The standard InChI is InChI=1S/C16H23NO3/c1-8-9(2)11(4)15(12(5)10(8)3)16(20)17-6-13(18)14(19)7-17/h13-14,18-19H,6-7H2,1-5H3. The molecule has 2 rings (SSSR count). The predicted molar refractivity (Wildman–Crippen MR) is 78.0 cm³/mol. The normalized spacial score (nSPS) is 22.4. The van der Waals surface area contributed by atoms with Crippen molar-refractivity contribution in [3.05, 3.63) is 33.4 Å². The number of likely N-dealkylation sites (tertiary alicyclic amines) is 1. The van der Waals surface area contributed by atoms with Crippen molar-refractivity contribution in [1.82, 2.24) is 4.90 Å². The second kappa shape index (κ2) is 5.19. The van der Waals surface area contributed by atoms with Crippen molar-refractivity contribution >= 4 is 5.91 Å². The van der Waals surface area contributed by atoms with Crippen LogP contribution >= 0.6 is 0 Å². The van der Waals surface area contributed by atoms with Crippen molar-refractivity contribution < 1.29 is 15.0 Å². The van der Waals surface area contributed by atoms with Crippen LogP contribution in [-0.2, 0) is 0 Å². The number of benzene rings is 1. The van der Waals surface area contributed by atoms with Crippen LogP contribution in [0, 0.1) is 34.6 Å². The molecule has 1 aliphatic heterocycles. The van der Waals surface area contributed by atoms with Crippen molar-refractivity contribution in [2.75, 3.05) is 13.1 Å². The largest absolute Gasteiger partial charge is 0.388 e. The van der Waals surface area contributed by atoms with Crippen molar-refractivity contribution in [2.45, 2.75) is 46.8 Å². The molecule has 2 N–H and O–H groups in total. The van der Waals surface area contributed by atoms with Crippen molar-refractivity contribution in [3.8, 4) is 0 Å². The Hall–Kier alpha value is -1.39. The molecule has 1 aromatic rings. The van der Waals surface area contributed by atoms with Crippen LogP contribution in [0.15, 0.2) is 0 Å². The summed E-state index contributed by atoms with van der Waals surface area (Å²) in [6, 6.07) is 0. The second-order valence-electron chi connectivity index (χ2n) is 5.84. The van der Waals surface area contributed by atoms with E-state index in [1.807, 2.05) is 27.7 Å². The molecule has 0 aromatic heterocycles. The highest BCUT2D eigenvalue weighted by Crippen LogP contribution is 2.28. The van der Waals surface area contributed by atoms with E-state index in [4.69, 9.17) is 0 Å². The van der Waals surface area contributed by atoms with E-state index in [-0.39, 0.29) is 19.0 Å². The number of carbonyl (C=O) groups is 1. The number of amides is 1.